The van der Waals surface area contributed by atoms with Gasteiger partial charge in [-0.3, -0.25) is 9.59 Å². The molecule has 6 atom stereocenters. The number of nitriles is 1. The summed E-state index contributed by atoms with van der Waals surface area (Å²) in [6.07, 6.45) is -6.05. The number of aliphatic hydroxyl groups is 1. The van der Waals surface area contributed by atoms with Crippen molar-refractivity contribution < 1.29 is 32.6 Å². The van der Waals surface area contributed by atoms with Crippen molar-refractivity contribution in [1.82, 2.24) is 0 Å². The highest BCUT2D eigenvalue weighted by molar-refractivity contribution is 6.26. The number of benzene rings is 1. The first-order valence-electron chi connectivity index (χ1n) is 8.39. The van der Waals surface area contributed by atoms with E-state index < -0.39 is 63.6 Å². The normalized spacial score (nSPS) is 39.4. The van der Waals surface area contributed by atoms with E-state index in [1.807, 2.05) is 0 Å². The van der Waals surface area contributed by atoms with E-state index in [1.165, 1.54) is 19.9 Å². The Labute approximate surface area is 162 Å². The molecule has 0 spiro atoms. The van der Waals surface area contributed by atoms with Crippen molar-refractivity contribution in [3.8, 4) is 6.07 Å². The van der Waals surface area contributed by atoms with Crippen LogP contribution in [0.4, 0.5) is 18.9 Å². The van der Waals surface area contributed by atoms with Gasteiger partial charge in [0, 0.05) is 0 Å². The van der Waals surface area contributed by atoms with Gasteiger partial charge in [0.15, 0.2) is 0 Å². The minimum Gasteiger partial charge on any atom is -0.388 e. The standard InChI is InChI=1S/C18H14ClF3N2O4/c1-16-10-11(17(2,28-16)13(25)12(16)19)15(27)24(14(10)26)8-4-3-7(6-23)9(5-8)18(20,21)22/h3-5,10-13,25H,1-2H3/t10-,11?,12-,13+,16?,17?/m1/s1. The van der Waals surface area contributed by atoms with Crippen molar-refractivity contribution in [2.45, 2.75) is 42.7 Å². The molecule has 0 aliphatic carbocycles. The molecule has 0 radical (unpaired) electrons. The van der Waals surface area contributed by atoms with Gasteiger partial charge in [-0.1, -0.05) is 0 Å². The van der Waals surface area contributed by atoms with Crippen molar-refractivity contribution >= 4 is 29.1 Å². The van der Waals surface area contributed by atoms with Gasteiger partial charge in [0.05, 0.1) is 45.7 Å². The number of nitrogens with zero attached hydrogens (tertiary/aromatic N) is 2. The van der Waals surface area contributed by atoms with Crippen LogP contribution in [0.15, 0.2) is 18.2 Å². The van der Waals surface area contributed by atoms with Crippen molar-refractivity contribution in [2.24, 2.45) is 11.8 Å². The minimum atomic E-state index is -4.83. The van der Waals surface area contributed by atoms with Crippen molar-refractivity contribution in [3.05, 3.63) is 29.3 Å². The van der Waals surface area contributed by atoms with Gasteiger partial charge in [0.2, 0.25) is 11.8 Å². The molecule has 0 aromatic heterocycles. The monoisotopic (exact) mass is 414 g/mol. The zero-order valence-corrected chi connectivity index (χ0v) is 15.4. The first kappa shape index (κ1) is 19.2. The van der Waals surface area contributed by atoms with Gasteiger partial charge in [0.1, 0.15) is 11.7 Å². The van der Waals surface area contributed by atoms with Crippen molar-refractivity contribution in [3.63, 3.8) is 0 Å². The Hall–Kier alpha value is -2.15. The van der Waals surface area contributed by atoms with E-state index in [2.05, 4.69) is 0 Å². The van der Waals surface area contributed by atoms with E-state index in [1.54, 1.807) is 0 Å². The molecule has 10 heteroatoms. The average Bonchev–Trinajstić information content (AvgIpc) is 3.10. The maximum atomic E-state index is 13.3. The molecule has 3 aliphatic rings. The van der Waals surface area contributed by atoms with E-state index in [0.29, 0.717) is 11.0 Å². The third-order valence-electron chi connectivity index (χ3n) is 6.08. The van der Waals surface area contributed by atoms with Crippen LogP contribution in [0, 0.1) is 23.2 Å². The Morgan fingerprint density at radius 3 is 2.32 bits per heavy atom. The largest absolute Gasteiger partial charge is 0.417 e. The summed E-state index contributed by atoms with van der Waals surface area (Å²) in [7, 11) is 0. The maximum absolute atomic E-state index is 13.3. The number of hydrogen-bond acceptors (Lipinski definition) is 5. The van der Waals surface area contributed by atoms with Crippen LogP contribution in [0.3, 0.4) is 0 Å². The number of imide groups is 1. The molecular formula is C18H14ClF3N2O4. The number of fused-ring (bicyclic) bond motifs is 5. The predicted molar refractivity (Wildman–Crippen MR) is 89.2 cm³/mol. The van der Waals surface area contributed by atoms with Gasteiger partial charge in [-0.25, -0.2) is 4.90 Å². The van der Waals surface area contributed by atoms with Crippen LogP contribution in [0.2, 0.25) is 0 Å². The number of carbonyl (C=O) groups excluding carboxylic acids is 2. The van der Waals surface area contributed by atoms with Crippen LogP contribution in [-0.4, -0.2) is 39.6 Å². The molecule has 3 fully saturated rings. The summed E-state index contributed by atoms with van der Waals surface area (Å²) in [4.78, 5) is 26.7. The molecule has 1 aromatic rings. The number of amides is 2. The SMILES string of the molecule is CC12OC(C)([C@H](Cl)[C@@H]1O)[C@H]1C(=O)N(c3ccc(C#N)c(C(F)(F)F)c3)C(=O)C12. The van der Waals surface area contributed by atoms with Gasteiger partial charge in [0.25, 0.3) is 0 Å². The lowest BCUT2D eigenvalue weighted by Crippen LogP contribution is -2.55. The van der Waals surface area contributed by atoms with Crippen LogP contribution in [0.1, 0.15) is 25.0 Å². The highest BCUT2D eigenvalue weighted by atomic mass is 35.5. The fraction of sp³-hybridized carbons (Fsp3) is 0.500. The van der Waals surface area contributed by atoms with Gasteiger partial charge in [-0.2, -0.15) is 18.4 Å². The van der Waals surface area contributed by atoms with Crippen LogP contribution >= 0.6 is 11.6 Å². The quantitative estimate of drug-likeness (QED) is 0.562. The molecule has 148 valence electrons. The van der Waals surface area contributed by atoms with Gasteiger partial charge in [-0.05, 0) is 32.0 Å². The summed E-state index contributed by atoms with van der Waals surface area (Å²) in [5.74, 6) is -3.60. The van der Waals surface area contributed by atoms with Crippen molar-refractivity contribution in [1.29, 1.82) is 5.26 Å². The van der Waals surface area contributed by atoms with E-state index in [-0.39, 0.29) is 5.69 Å². The molecule has 2 amide bonds. The molecule has 28 heavy (non-hydrogen) atoms. The summed E-state index contributed by atoms with van der Waals surface area (Å²) in [6, 6.07) is 4.09. The number of anilines is 1. The zero-order valence-electron chi connectivity index (χ0n) is 14.6. The molecule has 4 rings (SSSR count). The summed E-state index contributed by atoms with van der Waals surface area (Å²) in [5, 5.41) is 18.4. The Bertz CT molecular complexity index is 923. The minimum absolute atomic E-state index is 0.289. The van der Waals surface area contributed by atoms with E-state index in [4.69, 9.17) is 21.6 Å². The van der Waals surface area contributed by atoms with Gasteiger partial charge >= 0.3 is 6.18 Å². The Kier molecular flexibility index (Phi) is 3.74. The number of aliphatic hydroxyl groups excluding tert-OH is 1. The molecule has 3 saturated heterocycles. The smallest absolute Gasteiger partial charge is 0.388 e. The molecule has 2 bridgehead atoms. The Morgan fingerprint density at radius 1 is 1.21 bits per heavy atom. The van der Waals surface area contributed by atoms with E-state index >= 15 is 0 Å². The highest BCUT2D eigenvalue weighted by Crippen LogP contribution is 2.62. The topological polar surface area (TPSA) is 90.6 Å². The second-order valence-electron chi connectivity index (χ2n) is 7.62. The first-order chi connectivity index (χ1) is 12.9. The van der Waals surface area contributed by atoms with Gasteiger partial charge in [-0.15, -0.1) is 11.6 Å². The summed E-state index contributed by atoms with van der Waals surface area (Å²) < 4.78 is 45.6. The fourth-order valence-electron chi connectivity index (χ4n) is 4.76. The third-order valence-corrected chi connectivity index (χ3v) is 6.75. The summed E-state index contributed by atoms with van der Waals surface area (Å²) in [6.45, 7) is 2.98. The average molecular weight is 415 g/mol. The van der Waals surface area contributed by atoms with Crippen LogP contribution in [0.5, 0.6) is 0 Å². The maximum Gasteiger partial charge on any atom is 0.417 e. The number of carbonyl (C=O) groups is 2. The molecule has 0 saturated carbocycles. The zero-order chi connectivity index (χ0) is 20.8. The second kappa shape index (κ2) is 5.47. The van der Waals surface area contributed by atoms with Crippen LogP contribution in [0.25, 0.3) is 0 Å². The lowest BCUT2D eigenvalue weighted by atomic mass is 9.67. The molecule has 3 aliphatic heterocycles. The number of ether oxygens (including phenoxy) is 1. The molecule has 6 nitrogen and oxygen atoms in total. The number of alkyl halides is 4. The number of halogens is 4. The molecule has 3 heterocycles. The third kappa shape index (κ3) is 2.11. The highest BCUT2D eigenvalue weighted by Gasteiger charge is 2.79. The van der Waals surface area contributed by atoms with Crippen molar-refractivity contribution in [2.75, 3.05) is 4.90 Å². The Balaban J connectivity index is 1.82. The molecular weight excluding hydrogens is 401 g/mol. The molecule has 1 N–H and O–H groups in total. The van der Waals surface area contributed by atoms with Crippen LogP contribution < -0.4 is 4.90 Å². The Morgan fingerprint density at radius 2 is 1.79 bits per heavy atom. The van der Waals surface area contributed by atoms with E-state index in [9.17, 15) is 27.9 Å². The first-order valence-corrected chi connectivity index (χ1v) is 8.83. The summed E-state index contributed by atoms with van der Waals surface area (Å²) in [5.41, 5.74) is -4.90. The number of hydrogen-bond donors (Lipinski definition) is 1. The number of rotatable bonds is 1. The molecule has 3 unspecified atom stereocenters. The lowest BCUT2D eigenvalue weighted by Gasteiger charge is -2.35. The predicted octanol–water partition coefficient (Wildman–Crippen LogP) is 2.21. The molecule has 1 aromatic carbocycles. The lowest BCUT2D eigenvalue weighted by molar-refractivity contribution is -0.138. The van der Waals surface area contributed by atoms with Gasteiger partial charge < -0.3 is 9.84 Å². The van der Waals surface area contributed by atoms with Crippen LogP contribution in [-0.2, 0) is 20.5 Å². The second-order valence-corrected chi connectivity index (χ2v) is 8.09. The summed E-state index contributed by atoms with van der Waals surface area (Å²) >= 11 is 6.25. The van der Waals surface area contributed by atoms with E-state index in [0.717, 1.165) is 12.1 Å². The fourth-order valence-corrected chi connectivity index (χ4v) is 5.19.